The van der Waals surface area contributed by atoms with E-state index in [0.717, 1.165) is 0 Å². The van der Waals surface area contributed by atoms with Gasteiger partial charge >= 0.3 is 0 Å². The highest BCUT2D eigenvalue weighted by Gasteiger charge is 2.28. The zero-order valence-electron chi connectivity index (χ0n) is 9.73. The van der Waals surface area contributed by atoms with E-state index in [1.165, 1.54) is 32.0 Å². The molecule has 1 aromatic carbocycles. The second kappa shape index (κ2) is 5.14. The summed E-state index contributed by atoms with van der Waals surface area (Å²) in [5, 5.41) is 21.9. The standard InChI is InChI=1S/C11H10BrN3O3/c1-11(2,6-13)10(16)14-9-5-7(15(17)18)3-4-8(9)12/h3-5H,1-2H3,(H,14,16). The summed E-state index contributed by atoms with van der Waals surface area (Å²) in [6, 6.07) is 5.87. The first-order valence-electron chi connectivity index (χ1n) is 4.94. The molecule has 0 radical (unpaired) electrons. The minimum absolute atomic E-state index is 0.136. The molecule has 0 unspecified atom stereocenters. The third kappa shape index (κ3) is 3.05. The molecular formula is C11H10BrN3O3. The number of nitrogens with one attached hydrogen (secondary N) is 1. The van der Waals surface area contributed by atoms with E-state index in [-0.39, 0.29) is 11.4 Å². The maximum absolute atomic E-state index is 11.8. The Morgan fingerprint density at radius 1 is 1.56 bits per heavy atom. The van der Waals surface area contributed by atoms with Gasteiger partial charge in [-0.1, -0.05) is 0 Å². The number of amides is 1. The molecule has 1 amide bonds. The van der Waals surface area contributed by atoms with Gasteiger partial charge < -0.3 is 5.32 Å². The summed E-state index contributed by atoms with van der Waals surface area (Å²) in [5.41, 5.74) is -1.08. The Hall–Kier alpha value is -1.94. The van der Waals surface area contributed by atoms with Gasteiger partial charge in [0.05, 0.1) is 16.7 Å². The molecule has 1 N–H and O–H groups in total. The van der Waals surface area contributed by atoms with E-state index < -0.39 is 16.2 Å². The van der Waals surface area contributed by atoms with Gasteiger partial charge in [0.2, 0.25) is 5.91 Å². The van der Waals surface area contributed by atoms with Gasteiger partial charge in [0.25, 0.3) is 5.69 Å². The van der Waals surface area contributed by atoms with Crippen molar-refractivity contribution in [2.24, 2.45) is 5.41 Å². The highest BCUT2D eigenvalue weighted by atomic mass is 79.9. The van der Waals surface area contributed by atoms with Crippen molar-refractivity contribution < 1.29 is 9.72 Å². The zero-order valence-corrected chi connectivity index (χ0v) is 11.3. The van der Waals surface area contributed by atoms with Crippen LogP contribution in [-0.4, -0.2) is 10.8 Å². The highest BCUT2D eigenvalue weighted by Crippen LogP contribution is 2.28. The van der Waals surface area contributed by atoms with Gasteiger partial charge in [-0.2, -0.15) is 5.26 Å². The normalized spacial score (nSPS) is 10.6. The Balaban J connectivity index is 3.05. The van der Waals surface area contributed by atoms with Gasteiger partial charge in [0.1, 0.15) is 5.41 Å². The third-order valence-corrected chi connectivity index (χ3v) is 2.95. The van der Waals surface area contributed by atoms with Crippen LogP contribution in [0.25, 0.3) is 0 Å². The topological polar surface area (TPSA) is 96.0 Å². The van der Waals surface area contributed by atoms with E-state index in [1.54, 1.807) is 0 Å². The van der Waals surface area contributed by atoms with Gasteiger partial charge in [0.15, 0.2) is 0 Å². The predicted molar refractivity (Wildman–Crippen MR) is 68.8 cm³/mol. The lowest BCUT2D eigenvalue weighted by molar-refractivity contribution is -0.384. The number of carbonyl (C=O) groups is 1. The smallest absolute Gasteiger partial charge is 0.271 e. The van der Waals surface area contributed by atoms with Crippen LogP contribution in [0.15, 0.2) is 22.7 Å². The van der Waals surface area contributed by atoms with Crippen LogP contribution >= 0.6 is 15.9 Å². The Kier molecular flexibility index (Phi) is 4.03. The largest absolute Gasteiger partial charge is 0.323 e. The fourth-order valence-electron chi connectivity index (χ4n) is 1.05. The van der Waals surface area contributed by atoms with Crippen LogP contribution in [0.1, 0.15) is 13.8 Å². The van der Waals surface area contributed by atoms with Gasteiger partial charge in [0, 0.05) is 16.6 Å². The van der Waals surface area contributed by atoms with Crippen molar-refractivity contribution in [1.82, 2.24) is 0 Å². The number of carbonyl (C=O) groups excluding carboxylic acids is 1. The summed E-state index contributed by atoms with van der Waals surface area (Å²) in [6.45, 7) is 2.93. The first kappa shape index (κ1) is 14.1. The SMILES string of the molecule is CC(C)(C#N)C(=O)Nc1cc([N+](=O)[O-])ccc1Br. The molecule has 6 nitrogen and oxygen atoms in total. The second-order valence-corrected chi connectivity index (χ2v) is 4.97. The van der Waals surface area contributed by atoms with Crippen molar-refractivity contribution in [2.75, 3.05) is 5.32 Å². The number of nitriles is 1. The fourth-order valence-corrected chi connectivity index (χ4v) is 1.40. The number of halogens is 1. The average Bonchev–Trinajstić information content (AvgIpc) is 2.31. The van der Waals surface area contributed by atoms with Crippen molar-refractivity contribution >= 4 is 33.2 Å². The molecule has 0 bridgehead atoms. The van der Waals surface area contributed by atoms with Crippen LogP contribution < -0.4 is 5.32 Å². The van der Waals surface area contributed by atoms with Gasteiger partial charge in [-0.25, -0.2) is 0 Å². The maximum atomic E-state index is 11.8. The first-order chi connectivity index (χ1) is 8.27. The Morgan fingerprint density at radius 2 is 2.17 bits per heavy atom. The van der Waals surface area contributed by atoms with E-state index in [0.29, 0.717) is 4.47 Å². The van der Waals surface area contributed by atoms with E-state index in [4.69, 9.17) is 5.26 Å². The van der Waals surface area contributed by atoms with Crippen molar-refractivity contribution in [3.8, 4) is 6.07 Å². The van der Waals surface area contributed by atoms with E-state index >= 15 is 0 Å². The quantitative estimate of drug-likeness (QED) is 0.685. The molecule has 0 aliphatic rings. The summed E-state index contributed by atoms with van der Waals surface area (Å²) in [4.78, 5) is 21.8. The van der Waals surface area contributed by atoms with Crippen molar-refractivity contribution in [2.45, 2.75) is 13.8 Å². The molecule has 0 saturated heterocycles. The van der Waals surface area contributed by atoms with E-state index in [2.05, 4.69) is 21.2 Å². The molecule has 0 fully saturated rings. The van der Waals surface area contributed by atoms with Crippen LogP contribution in [0.2, 0.25) is 0 Å². The molecule has 1 aromatic rings. The fraction of sp³-hybridized carbons (Fsp3) is 0.273. The Labute approximate surface area is 112 Å². The number of rotatable bonds is 3. The number of non-ortho nitro benzene ring substituents is 1. The second-order valence-electron chi connectivity index (χ2n) is 4.11. The number of nitro benzene ring substituents is 1. The number of nitrogens with zero attached hydrogens (tertiary/aromatic N) is 2. The van der Waals surface area contributed by atoms with Crippen LogP contribution in [0.5, 0.6) is 0 Å². The molecule has 0 saturated carbocycles. The molecule has 18 heavy (non-hydrogen) atoms. The summed E-state index contributed by atoms with van der Waals surface area (Å²) in [5.74, 6) is -0.522. The molecule has 0 aliphatic heterocycles. The predicted octanol–water partition coefficient (Wildman–Crippen LogP) is 2.85. The number of hydrogen-bond acceptors (Lipinski definition) is 4. The monoisotopic (exact) mass is 311 g/mol. The van der Waals surface area contributed by atoms with E-state index in [9.17, 15) is 14.9 Å². The molecule has 0 heterocycles. The van der Waals surface area contributed by atoms with Crippen molar-refractivity contribution in [1.29, 1.82) is 5.26 Å². The number of hydrogen-bond donors (Lipinski definition) is 1. The Morgan fingerprint density at radius 3 is 2.67 bits per heavy atom. The van der Waals surface area contributed by atoms with E-state index in [1.807, 2.05) is 6.07 Å². The molecule has 0 spiro atoms. The van der Waals surface area contributed by atoms with Crippen LogP contribution in [0.4, 0.5) is 11.4 Å². The summed E-state index contributed by atoms with van der Waals surface area (Å²) in [6.07, 6.45) is 0. The number of anilines is 1. The van der Waals surface area contributed by atoms with Crippen LogP contribution in [-0.2, 0) is 4.79 Å². The minimum Gasteiger partial charge on any atom is -0.323 e. The lowest BCUT2D eigenvalue weighted by atomic mass is 9.94. The first-order valence-corrected chi connectivity index (χ1v) is 5.74. The maximum Gasteiger partial charge on any atom is 0.271 e. The van der Waals surface area contributed by atoms with Crippen LogP contribution in [0, 0.1) is 26.9 Å². The molecule has 1 rings (SSSR count). The van der Waals surface area contributed by atoms with Crippen LogP contribution in [0.3, 0.4) is 0 Å². The molecular weight excluding hydrogens is 302 g/mol. The lowest BCUT2D eigenvalue weighted by Crippen LogP contribution is -2.29. The van der Waals surface area contributed by atoms with Gasteiger partial charge in [-0.05, 0) is 35.8 Å². The third-order valence-electron chi connectivity index (χ3n) is 2.26. The summed E-state index contributed by atoms with van der Waals surface area (Å²) < 4.78 is 0.509. The molecule has 94 valence electrons. The lowest BCUT2D eigenvalue weighted by Gasteiger charge is -2.15. The highest BCUT2D eigenvalue weighted by molar-refractivity contribution is 9.10. The molecule has 0 aromatic heterocycles. The van der Waals surface area contributed by atoms with Crippen molar-refractivity contribution in [3.63, 3.8) is 0 Å². The summed E-state index contributed by atoms with van der Waals surface area (Å²) >= 11 is 3.18. The summed E-state index contributed by atoms with van der Waals surface area (Å²) in [7, 11) is 0. The average molecular weight is 312 g/mol. The zero-order chi connectivity index (χ0) is 13.9. The Bertz CT molecular complexity index is 549. The number of nitro groups is 1. The molecule has 0 aliphatic carbocycles. The van der Waals surface area contributed by atoms with Gasteiger partial charge in [-0.15, -0.1) is 0 Å². The van der Waals surface area contributed by atoms with Gasteiger partial charge in [-0.3, -0.25) is 14.9 Å². The molecule has 0 atom stereocenters. The molecule has 7 heteroatoms. The minimum atomic E-state index is -1.20. The number of benzene rings is 1. The van der Waals surface area contributed by atoms with Crippen molar-refractivity contribution in [3.05, 3.63) is 32.8 Å².